The molecule has 0 amide bonds. The van der Waals surface area contributed by atoms with E-state index >= 15 is 0 Å². The number of nitrogens with zero attached hydrogens (tertiary/aromatic N) is 3. The molecule has 1 aliphatic heterocycles. The zero-order valence-electron chi connectivity index (χ0n) is 15.7. The largest absolute Gasteiger partial charge is 0.496 e. The maximum absolute atomic E-state index is 13.1. The lowest BCUT2D eigenvalue weighted by atomic mass is 9.73. The summed E-state index contributed by atoms with van der Waals surface area (Å²) in [7, 11) is 1.64. The van der Waals surface area contributed by atoms with E-state index in [4.69, 9.17) is 4.74 Å². The van der Waals surface area contributed by atoms with Crippen LogP contribution in [-0.4, -0.2) is 33.9 Å². The Morgan fingerprint density at radius 2 is 2.15 bits per heavy atom. The zero-order valence-corrected chi connectivity index (χ0v) is 18.1. The number of nitrogens with one attached hydrogen (secondary N) is 1. The summed E-state index contributed by atoms with van der Waals surface area (Å²) in [4.78, 5) is 17.7. The Balaban J connectivity index is 1.90. The van der Waals surface area contributed by atoms with Crippen molar-refractivity contribution in [3.8, 4) is 5.75 Å². The molecular weight excluding hydrogens is 428 g/mol. The Morgan fingerprint density at radius 1 is 1.37 bits per heavy atom. The summed E-state index contributed by atoms with van der Waals surface area (Å²) in [6.45, 7) is 4.25. The van der Waals surface area contributed by atoms with Crippen LogP contribution in [0, 0.1) is 5.41 Å². The Labute approximate surface area is 170 Å². The van der Waals surface area contributed by atoms with Crippen LogP contribution in [0.15, 0.2) is 39.1 Å². The van der Waals surface area contributed by atoms with Gasteiger partial charge in [0, 0.05) is 17.7 Å². The maximum atomic E-state index is 13.1. The van der Waals surface area contributed by atoms with E-state index in [-0.39, 0.29) is 17.2 Å². The van der Waals surface area contributed by atoms with Crippen molar-refractivity contribution in [1.82, 2.24) is 14.8 Å². The molecule has 1 aliphatic carbocycles. The summed E-state index contributed by atoms with van der Waals surface area (Å²) in [5.74, 6) is 1.60. The van der Waals surface area contributed by atoms with E-state index in [1.54, 1.807) is 7.11 Å². The molecule has 1 N–H and O–H groups in total. The molecule has 0 bridgehead atoms. The van der Waals surface area contributed by atoms with Gasteiger partial charge in [-0.25, -0.2) is 4.68 Å². The Kier molecular flexibility index (Phi) is 4.58. The number of fused-ring (bicyclic) bond motifs is 1. The van der Waals surface area contributed by atoms with Gasteiger partial charge in [-0.2, -0.15) is 4.98 Å². The smallest absolute Gasteiger partial charge is 0.227 e. The van der Waals surface area contributed by atoms with Crippen molar-refractivity contribution in [2.24, 2.45) is 5.41 Å². The second-order valence-corrected chi connectivity index (χ2v) is 9.25. The number of carbonyl (C=O) groups is 1. The molecule has 0 unspecified atom stereocenters. The van der Waals surface area contributed by atoms with Crippen LogP contribution < -0.4 is 10.1 Å². The molecule has 4 rings (SSSR count). The average molecular weight is 449 g/mol. The van der Waals surface area contributed by atoms with Crippen molar-refractivity contribution < 1.29 is 9.53 Å². The summed E-state index contributed by atoms with van der Waals surface area (Å²) in [5, 5.41) is 8.69. The lowest BCUT2D eigenvalue weighted by Gasteiger charge is -2.38. The highest BCUT2D eigenvalue weighted by Gasteiger charge is 2.41. The number of hydrogen-bond donors (Lipinski definition) is 1. The molecule has 1 atom stereocenters. The third-order valence-corrected chi connectivity index (χ3v) is 6.14. The fraction of sp³-hybridized carbons (Fsp3) is 0.421. The van der Waals surface area contributed by atoms with Gasteiger partial charge < -0.3 is 10.1 Å². The molecule has 0 saturated carbocycles. The summed E-state index contributed by atoms with van der Waals surface area (Å²) >= 11 is 5.05. The molecule has 2 aromatic rings. The maximum Gasteiger partial charge on any atom is 0.227 e. The highest BCUT2D eigenvalue weighted by atomic mass is 79.9. The molecule has 6 nitrogen and oxygen atoms in total. The van der Waals surface area contributed by atoms with Crippen LogP contribution in [0.3, 0.4) is 0 Å². The van der Waals surface area contributed by atoms with Gasteiger partial charge in [-0.15, -0.1) is 5.10 Å². The van der Waals surface area contributed by atoms with Crippen molar-refractivity contribution >= 4 is 39.4 Å². The summed E-state index contributed by atoms with van der Waals surface area (Å²) < 4.78 is 8.03. The van der Waals surface area contributed by atoms with Crippen LogP contribution >= 0.6 is 27.7 Å². The number of hydrogen-bond acceptors (Lipinski definition) is 6. The minimum absolute atomic E-state index is 0.0709. The van der Waals surface area contributed by atoms with Crippen molar-refractivity contribution in [1.29, 1.82) is 0 Å². The fourth-order valence-electron chi connectivity index (χ4n) is 3.84. The van der Waals surface area contributed by atoms with Crippen LogP contribution in [-0.2, 0) is 4.79 Å². The number of halogens is 1. The van der Waals surface area contributed by atoms with Gasteiger partial charge in [0.25, 0.3) is 0 Å². The normalized spacial score (nSPS) is 20.8. The third kappa shape index (κ3) is 3.18. The van der Waals surface area contributed by atoms with Gasteiger partial charge in [-0.05, 0) is 51.7 Å². The van der Waals surface area contributed by atoms with Crippen molar-refractivity contribution in [3.63, 3.8) is 0 Å². The number of thioether (sulfide) groups is 1. The first kappa shape index (κ1) is 18.6. The molecule has 142 valence electrons. The molecule has 1 aromatic carbocycles. The van der Waals surface area contributed by atoms with E-state index in [9.17, 15) is 4.79 Å². The van der Waals surface area contributed by atoms with Crippen molar-refractivity contribution in [3.05, 3.63) is 39.5 Å². The van der Waals surface area contributed by atoms with E-state index in [1.807, 2.05) is 29.1 Å². The minimum atomic E-state index is -0.296. The number of ketones is 1. The summed E-state index contributed by atoms with van der Waals surface area (Å²) in [6.07, 6.45) is 3.28. The first-order valence-electron chi connectivity index (χ1n) is 8.70. The van der Waals surface area contributed by atoms with Crippen LogP contribution in [0.1, 0.15) is 38.3 Å². The first-order chi connectivity index (χ1) is 12.8. The molecular formula is C19H21BrN4O2S. The van der Waals surface area contributed by atoms with E-state index in [0.717, 1.165) is 33.5 Å². The van der Waals surface area contributed by atoms with E-state index in [0.29, 0.717) is 17.5 Å². The molecule has 8 heteroatoms. The highest BCUT2D eigenvalue weighted by Crippen LogP contribution is 2.46. The lowest BCUT2D eigenvalue weighted by Crippen LogP contribution is -2.36. The Morgan fingerprint density at radius 3 is 2.81 bits per heavy atom. The number of carbonyl (C=O) groups excluding carboxylic acids is 1. The monoisotopic (exact) mass is 448 g/mol. The number of anilines is 1. The number of benzene rings is 1. The summed E-state index contributed by atoms with van der Waals surface area (Å²) in [5.41, 5.74) is 2.65. The van der Waals surface area contributed by atoms with E-state index in [2.05, 4.69) is 45.2 Å². The first-order valence-corrected chi connectivity index (χ1v) is 10.7. The van der Waals surface area contributed by atoms with Crippen LogP contribution in [0.4, 0.5) is 5.95 Å². The number of methoxy groups -OCH3 is 1. The average Bonchev–Trinajstić information content (AvgIpc) is 3.01. The van der Waals surface area contributed by atoms with Crippen molar-refractivity contribution in [2.45, 2.75) is 37.9 Å². The van der Waals surface area contributed by atoms with Gasteiger partial charge in [0.05, 0.1) is 11.6 Å². The number of Topliss-reactive ketones (excluding diaryl/α,β-unsaturated/α-hetero) is 1. The predicted molar refractivity (Wildman–Crippen MR) is 109 cm³/mol. The van der Waals surface area contributed by atoms with Gasteiger partial charge in [0.15, 0.2) is 5.78 Å². The van der Waals surface area contributed by atoms with Gasteiger partial charge in [0.2, 0.25) is 11.1 Å². The number of rotatable bonds is 3. The second-order valence-electron chi connectivity index (χ2n) is 7.62. The molecule has 0 spiro atoms. The molecule has 27 heavy (non-hydrogen) atoms. The standard InChI is InChI=1S/C19H21BrN4O2S/c1-19(2)8-12-15(13(25)9-19)16(10-5-6-14(26-3)11(20)7-10)24-17(21-12)22-18(23-24)27-4/h5-7,16H,8-9H2,1-4H3,(H,21,22,23)/t16-/m1/s1. The van der Waals surface area contributed by atoms with Crippen molar-refractivity contribution in [2.75, 3.05) is 18.7 Å². The van der Waals surface area contributed by atoms with E-state index in [1.165, 1.54) is 11.8 Å². The van der Waals surface area contributed by atoms with Gasteiger partial charge in [0.1, 0.15) is 11.8 Å². The number of allylic oxidation sites excluding steroid dienone is 2. The molecule has 2 heterocycles. The number of aromatic nitrogens is 3. The number of ether oxygens (including phenoxy) is 1. The fourth-order valence-corrected chi connectivity index (χ4v) is 4.74. The molecule has 1 aromatic heterocycles. The molecule has 0 fully saturated rings. The lowest BCUT2D eigenvalue weighted by molar-refractivity contribution is -0.118. The van der Waals surface area contributed by atoms with Crippen LogP contribution in [0.2, 0.25) is 0 Å². The van der Waals surface area contributed by atoms with Gasteiger partial charge in [-0.1, -0.05) is 31.7 Å². The van der Waals surface area contributed by atoms with Crippen LogP contribution in [0.5, 0.6) is 5.75 Å². The summed E-state index contributed by atoms with van der Waals surface area (Å²) in [6, 6.07) is 5.60. The SMILES string of the molecule is COc1ccc([C@@H]2C3=C(CC(C)(C)CC3=O)Nc3nc(SC)nn32)cc1Br. The quantitative estimate of drug-likeness (QED) is 0.700. The third-order valence-electron chi connectivity index (χ3n) is 4.99. The van der Waals surface area contributed by atoms with Gasteiger partial charge >= 0.3 is 0 Å². The second kappa shape index (κ2) is 6.67. The zero-order chi connectivity index (χ0) is 19.3. The van der Waals surface area contributed by atoms with Crippen LogP contribution in [0.25, 0.3) is 0 Å². The minimum Gasteiger partial charge on any atom is -0.496 e. The predicted octanol–water partition coefficient (Wildman–Crippen LogP) is 4.43. The highest BCUT2D eigenvalue weighted by molar-refractivity contribution is 9.10. The molecule has 2 aliphatic rings. The molecule has 0 radical (unpaired) electrons. The molecule has 0 saturated heterocycles. The topological polar surface area (TPSA) is 69.0 Å². The van der Waals surface area contributed by atoms with E-state index < -0.39 is 0 Å². The van der Waals surface area contributed by atoms with Gasteiger partial charge in [-0.3, -0.25) is 4.79 Å². The Hall–Kier alpha value is -1.80. The Bertz CT molecular complexity index is 967.